The molecule has 0 aliphatic carbocycles. The van der Waals surface area contributed by atoms with Gasteiger partial charge in [0.15, 0.2) is 5.17 Å². The Hall–Kier alpha value is -3.94. The molecule has 0 bridgehead atoms. The number of nitrogens with two attached hydrogens (primary N) is 1. The van der Waals surface area contributed by atoms with Crippen LogP contribution in [0, 0.1) is 5.41 Å². The van der Waals surface area contributed by atoms with Crippen LogP contribution in [0.5, 0.6) is 0 Å². The zero-order chi connectivity index (χ0) is 28.6. The Kier molecular flexibility index (Phi) is 9.49. The summed E-state index contributed by atoms with van der Waals surface area (Å²) in [6, 6.07) is 19.7. The number of carbonyl (C=O) groups excluding carboxylic acids is 2. The Labute approximate surface area is 248 Å². The van der Waals surface area contributed by atoms with Gasteiger partial charge < -0.3 is 14.9 Å². The normalized spacial score (nSPS) is 11.8. The van der Waals surface area contributed by atoms with E-state index in [1.165, 1.54) is 11.3 Å². The molecule has 4 N–H and O–H groups in total. The van der Waals surface area contributed by atoms with Crippen molar-refractivity contribution in [2.24, 2.45) is 10.7 Å². The van der Waals surface area contributed by atoms with Crippen LogP contribution in [0.25, 0.3) is 21.8 Å². The summed E-state index contributed by atoms with van der Waals surface area (Å²) in [7, 11) is 0. The quantitative estimate of drug-likeness (QED) is 0.109. The van der Waals surface area contributed by atoms with Gasteiger partial charge in [0.25, 0.3) is 5.91 Å². The van der Waals surface area contributed by atoms with Crippen LogP contribution in [-0.2, 0) is 29.1 Å². The van der Waals surface area contributed by atoms with Crippen molar-refractivity contribution in [3.63, 3.8) is 0 Å². The minimum Gasteiger partial charge on any atom is -0.378 e. The number of aliphatic imine (C=N–C) groups is 1. The summed E-state index contributed by atoms with van der Waals surface area (Å²) in [5.74, 6) is 1.03. The maximum Gasteiger partial charge on any atom is 0.267 e. The van der Waals surface area contributed by atoms with E-state index in [2.05, 4.69) is 20.5 Å². The molecule has 5 aromatic rings. The highest BCUT2D eigenvalue weighted by molar-refractivity contribution is 8.26. The van der Waals surface area contributed by atoms with Gasteiger partial charge in [0, 0.05) is 36.3 Å². The van der Waals surface area contributed by atoms with Crippen LogP contribution in [0.4, 0.5) is 5.13 Å². The summed E-state index contributed by atoms with van der Waals surface area (Å²) in [5.41, 5.74) is 7.88. The summed E-state index contributed by atoms with van der Waals surface area (Å²) < 4.78 is 3.74. The Morgan fingerprint density at radius 1 is 0.927 bits per heavy atom. The van der Waals surface area contributed by atoms with Crippen LogP contribution in [0.15, 0.2) is 78.0 Å². The molecule has 13 heteroatoms. The van der Waals surface area contributed by atoms with Crippen molar-refractivity contribution in [3.8, 4) is 0 Å². The Morgan fingerprint density at radius 3 is 2.29 bits per heavy atom. The zero-order valence-electron chi connectivity index (χ0n) is 22.0. The lowest BCUT2D eigenvalue weighted by Gasteiger charge is -2.05. The molecule has 0 aliphatic rings. The number of hydrogen-bond donors (Lipinski definition) is 3. The van der Waals surface area contributed by atoms with E-state index in [4.69, 9.17) is 11.1 Å². The number of amidine groups is 1. The van der Waals surface area contributed by atoms with E-state index in [-0.39, 0.29) is 30.1 Å². The van der Waals surface area contributed by atoms with Gasteiger partial charge in [0.05, 0.1) is 5.04 Å². The van der Waals surface area contributed by atoms with E-state index in [1.807, 2.05) is 82.2 Å². The lowest BCUT2D eigenvalue weighted by atomic mass is 10.2. The number of nitrogens with zero attached hydrogens (tertiary/aromatic N) is 5. The summed E-state index contributed by atoms with van der Waals surface area (Å²) in [4.78, 5) is 28.8. The summed E-state index contributed by atoms with van der Waals surface area (Å²) >= 11 is 4.07. The first-order chi connectivity index (χ1) is 19.9. The van der Waals surface area contributed by atoms with Gasteiger partial charge in [-0.3, -0.25) is 20.3 Å². The van der Waals surface area contributed by atoms with E-state index in [9.17, 15) is 9.59 Å². The SMILES string of the molecule is N=C(CCSCCc1nnc(NC(=O)Cn2ccc3ccccc32)s1)SC(N)=NC(=O)Cn1ccc2ccccc21. The molecule has 0 spiro atoms. The maximum absolute atomic E-state index is 12.5. The molecule has 0 aliphatic heterocycles. The van der Waals surface area contributed by atoms with Crippen molar-refractivity contribution >= 4 is 83.8 Å². The monoisotopic (exact) mass is 604 g/mol. The minimum absolute atomic E-state index is 0.0786. The van der Waals surface area contributed by atoms with Crippen molar-refractivity contribution in [1.29, 1.82) is 5.41 Å². The van der Waals surface area contributed by atoms with Crippen LogP contribution in [0.3, 0.4) is 0 Å². The fraction of sp³-hybridized carbons (Fsp3) is 0.214. The van der Waals surface area contributed by atoms with Gasteiger partial charge in [0.1, 0.15) is 18.1 Å². The maximum atomic E-state index is 12.5. The van der Waals surface area contributed by atoms with Gasteiger partial charge in [-0.1, -0.05) is 47.7 Å². The number of benzene rings is 2. The first kappa shape index (κ1) is 28.6. The van der Waals surface area contributed by atoms with Crippen LogP contribution >= 0.6 is 34.9 Å². The highest BCUT2D eigenvalue weighted by Crippen LogP contribution is 2.20. The molecule has 0 unspecified atom stereocenters. The highest BCUT2D eigenvalue weighted by atomic mass is 32.2. The predicted molar refractivity (Wildman–Crippen MR) is 170 cm³/mol. The molecule has 3 heterocycles. The van der Waals surface area contributed by atoms with Gasteiger partial charge in [-0.2, -0.15) is 16.8 Å². The summed E-state index contributed by atoms with van der Waals surface area (Å²) in [5, 5.41) is 23.2. The van der Waals surface area contributed by atoms with Gasteiger partial charge >= 0.3 is 0 Å². The lowest BCUT2D eigenvalue weighted by molar-refractivity contribution is -0.118. The second-order valence-corrected chi connectivity index (χ2v) is 12.4. The van der Waals surface area contributed by atoms with Crippen molar-refractivity contribution < 1.29 is 9.59 Å². The first-order valence-corrected chi connectivity index (χ1v) is 15.6. The van der Waals surface area contributed by atoms with E-state index in [1.54, 1.807) is 11.8 Å². The summed E-state index contributed by atoms with van der Waals surface area (Å²) in [6.07, 6.45) is 4.99. The van der Waals surface area contributed by atoms with Gasteiger partial charge in [0.2, 0.25) is 11.0 Å². The number of amides is 2. The number of fused-ring (bicyclic) bond motifs is 2. The number of anilines is 1. The molecule has 0 fully saturated rings. The second kappa shape index (κ2) is 13.6. The third kappa shape index (κ3) is 7.84. The fourth-order valence-corrected chi connectivity index (χ4v) is 6.71. The molecule has 0 saturated heterocycles. The number of para-hydroxylation sites is 2. The van der Waals surface area contributed by atoms with E-state index in [0.717, 1.165) is 50.1 Å². The molecule has 0 atom stereocenters. The number of thioether (sulfide) groups is 2. The van der Waals surface area contributed by atoms with Gasteiger partial charge in [-0.25, -0.2) is 0 Å². The third-order valence-electron chi connectivity index (χ3n) is 6.09. The Morgan fingerprint density at radius 2 is 1.59 bits per heavy atom. The number of aryl methyl sites for hydroxylation is 1. The number of carbonyl (C=O) groups is 2. The third-order valence-corrected chi connectivity index (χ3v) is 8.72. The molecule has 41 heavy (non-hydrogen) atoms. The highest BCUT2D eigenvalue weighted by Gasteiger charge is 2.11. The minimum atomic E-state index is -0.357. The van der Waals surface area contributed by atoms with E-state index >= 15 is 0 Å². The van der Waals surface area contributed by atoms with Crippen molar-refractivity contribution in [2.75, 3.05) is 16.8 Å². The van der Waals surface area contributed by atoms with E-state index < -0.39 is 0 Å². The number of aromatic nitrogens is 4. The largest absolute Gasteiger partial charge is 0.378 e. The number of nitrogens with one attached hydrogen (secondary N) is 2. The average molecular weight is 605 g/mol. The molecule has 0 saturated carbocycles. The molecular weight excluding hydrogens is 577 g/mol. The smallest absolute Gasteiger partial charge is 0.267 e. The van der Waals surface area contributed by atoms with Crippen LogP contribution in [-0.4, -0.2) is 52.9 Å². The van der Waals surface area contributed by atoms with Crippen LogP contribution in [0.2, 0.25) is 0 Å². The zero-order valence-corrected chi connectivity index (χ0v) is 24.5. The molecule has 2 amide bonds. The molecule has 0 radical (unpaired) electrons. The van der Waals surface area contributed by atoms with Crippen LogP contribution < -0.4 is 11.1 Å². The van der Waals surface area contributed by atoms with Crippen molar-refractivity contribution in [1.82, 2.24) is 19.3 Å². The molecule has 3 aromatic heterocycles. The van der Waals surface area contributed by atoms with Crippen LogP contribution in [0.1, 0.15) is 11.4 Å². The second-order valence-electron chi connectivity index (χ2n) is 9.04. The molecule has 5 rings (SSSR count). The molecule has 2 aromatic carbocycles. The summed E-state index contributed by atoms with van der Waals surface area (Å²) in [6.45, 7) is 0.301. The number of rotatable bonds is 11. The molecule has 210 valence electrons. The first-order valence-electron chi connectivity index (χ1n) is 12.8. The Bertz CT molecular complexity index is 1720. The van der Waals surface area contributed by atoms with Crippen molar-refractivity contribution in [2.45, 2.75) is 25.9 Å². The van der Waals surface area contributed by atoms with E-state index in [0.29, 0.717) is 23.0 Å². The molecular formula is C28H28N8O2S3. The average Bonchev–Trinajstić information content (AvgIpc) is 3.68. The lowest BCUT2D eigenvalue weighted by Crippen LogP contribution is -2.18. The predicted octanol–water partition coefficient (Wildman–Crippen LogP) is 5.00. The standard InChI is InChI=1S/C28H28N8O2S3/c29-23(40-27(30)31-24(37)17-35-13-9-19-5-1-3-7-21(19)35)11-15-39-16-12-26-33-34-28(41-26)32-25(38)18-36-14-10-20-6-2-4-8-22(20)36/h1-10,13-14,29H,11-12,15-18H2,(H2,30,31,37)(H,32,34,38). The van der Waals surface area contributed by atoms with Gasteiger partial charge in [-0.15, -0.1) is 10.2 Å². The molecule has 10 nitrogen and oxygen atoms in total. The fourth-order valence-electron chi connectivity index (χ4n) is 4.21. The number of hydrogen-bond acceptors (Lipinski definition) is 8. The Balaban J connectivity index is 0.980. The topological polar surface area (TPSA) is 144 Å². The van der Waals surface area contributed by atoms with Crippen molar-refractivity contribution in [3.05, 3.63) is 78.1 Å². The van der Waals surface area contributed by atoms with Gasteiger partial charge in [-0.05, 0) is 58.3 Å².